The van der Waals surface area contributed by atoms with Gasteiger partial charge in [0.05, 0.1) is 6.61 Å². The Morgan fingerprint density at radius 1 is 1.00 bits per heavy atom. The zero-order chi connectivity index (χ0) is 20.8. The molecule has 5 rings (SSSR count). The first-order chi connectivity index (χ1) is 14.5. The number of aliphatic hydroxyl groups excluding tert-OH is 1. The van der Waals surface area contributed by atoms with Crippen molar-refractivity contribution in [2.24, 2.45) is 15.7 Å². The summed E-state index contributed by atoms with van der Waals surface area (Å²) in [5, 5.41) is 9.49. The molecule has 2 aliphatic heterocycles. The van der Waals surface area contributed by atoms with Crippen LogP contribution in [0.5, 0.6) is 5.75 Å². The van der Waals surface area contributed by atoms with Gasteiger partial charge in [-0.2, -0.15) is 0 Å². The molecule has 3 aromatic rings. The minimum absolute atomic E-state index is 0.00867. The highest BCUT2D eigenvalue weighted by Crippen LogP contribution is 2.50. The number of hydrogen-bond acceptors (Lipinski definition) is 5. The molecule has 1 spiro atoms. The zero-order valence-corrected chi connectivity index (χ0v) is 16.7. The molecule has 1 unspecified atom stereocenters. The van der Waals surface area contributed by atoms with Crippen LogP contribution in [-0.2, 0) is 17.7 Å². The summed E-state index contributed by atoms with van der Waals surface area (Å²) in [6, 6.07) is 24.2. The SMILES string of the molecule is C[C@]1(c2ccccc2)CC2(C=NC(N)=N2)c2cc(-c3cccc(CO)c3)ccc2O1. The maximum absolute atomic E-state index is 9.49. The van der Waals surface area contributed by atoms with Gasteiger partial charge in [-0.25, -0.2) is 9.98 Å². The third kappa shape index (κ3) is 2.99. The topological polar surface area (TPSA) is 80.2 Å². The molecule has 0 saturated heterocycles. The fraction of sp³-hybridized carbons (Fsp3) is 0.200. The Labute approximate surface area is 175 Å². The molecule has 2 atom stereocenters. The number of benzene rings is 3. The third-order valence-electron chi connectivity index (χ3n) is 5.94. The van der Waals surface area contributed by atoms with E-state index in [-0.39, 0.29) is 12.6 Å². The Kier molecular flexibility index (Phi) is 4.22. The van der Waals surface area contributed by atoms with Gasteiger partial charge in [-0.15, -0.1) is 0 Å². The van der Waals surface area contributed by atoms with Crippen molar-refractivity contribution in [2.75, 3.05) is 0 Å². The fourth-order valence-corrected chi connectivity index (χ4v) is 4.48. The molecular weight excluding hydrogens is 374 g/mol. The number of aliphatic hydroxyl groups is 1. The standard InChI is InChI=1S/C25H23N3O2/c1-24(20-8-3-2-4-9-20)15-25(16-27-23(26)28-25)21-13-19(10-11-22(21)30-24)18-7-5-6-17(12-18)14-29/h2-13,16,29H,14-15H2,1H3,(H2,26,28)/t24-,25?/m1/s1. The second-order valence-corrected chi connectivity index (χ2v) is 8.10. The molecule has 0 aromatic heterocycles. The van der Waals surface area contributed by atoms with E-state index in [0.29, 0.717) is 6.42 Å². The van der Waals surface area contributed by atoms with E-state index in [1.807, 2.05) is 60.8 Å². The largest absolute Gasteiger partial charge is 0.482 e. The molecule has 5 nitrogen and oxygen atoms in total. The van der Waals surface area contributed by atoms with Crippen molar-refractivity contribution in [1.82, 2.24) is 0 Å². The number of nitrogens with zero attached hydrogens (tertiary/aromatic N) is 2. The molecule has 2 heterocycles. The molecule has 0 radical (unpaired) electrons. The predicted octanol–water partition coefficient (Wildman–Crippen LogP) is 4.14. The molecule has 30 heavy (non-hydrogen) atoms. The Morgan fingerprint density at radius 2 is 1.80 bits per heavy atom. The van der Waals surface area contributed by atoms with Gasteiger partial charge in [0, 0.05) is 18.2 Å². The van der Waals surface area contributed by atoms with Crippen LogP contribution in [0.4, 0.5) is 0 Å². The average molecular weight is 397 g/mol. The lowest BCUT2D eigenvalue weighted by Gasteiger charge is -2.43. The maximum atomic E-state index is 9.49. The quantitative estimate of drug-likeness (QED) is 0.697. The van der Waals surface area contributed by atoms with Gasteiger partial charge in [-0.05, 0) is 47.4 Å². The number of fused-ring (bicyclic) bond motifs is 2. The smallest absolute Gasteiger partial charge is 0.216 e. The van der Waals surface area contributed by atoms with Gasteiger partial charge in [0.25, 0.3) is 0 Å². The van der Waals surface area contributed by atoms with Crippen molar-refractivity contribution >= 4 is 12.2 Å². The van der Waals surface area contributed by atoms with Gasteiger partial charge in [0.15, 0.2) is 0 Å². The normalized spacial score (nSPS) is 24.4. The molecule has 2 aliphatic rings. The fourth-order valence-electron chi connectivity index (χ4n) is 4.48. The first kappa shape index (κ1) is 18.6. The van der Waals surface area contributed by atoms with E-state index in [1.54, 1.807) is 0 Å². The van der Waals surface area contributed by atoms with Crippen molar-refractivity contribution in [2.45, 2.75) is 31.1 Å². The van der Waals surface area contributed by atoms with Crippen LogP contribution in [0.25, 0.3) is 11.1 Å². The van der Waals surface area contributed by atoms with Crippen molar-refractivity contribution in [1.29, 1.82) is 0 Å². The first-order valence-electron chi connectivity index (χ1n) is 10.0. The molecule has 5 heteroatoms. The minimum atomic E-state index is -0.674. The Bertz CT molecular complexity index is 1170. The Morgan fingerprint density at radius 3 is 2.53 bits per heavy atom. The maximum Gasteiger partial charge on any atom is 0.216 e. The van der Waals surface area contributed by atoms with Gasteiger partial charge in [0.2, 0.25) is 5.96 Å². The monoisotopic (exact) mass is 397 g/mol. The van der Waals surface area contributed by atoms with Gasteiger partial charge < -0.3 is 15.6 Å². The molecule has 150 valence electrons. The van der Waals surface area contributed by atoms with Crippen LogP contribution < -0.4 is 10.5 Å². The summed E-state index contributed by atoms with van der Waals surface area (Å²) >= 11 is 0. The highest BCUT2D eigenvalue weighted by atomic mass is 16.5. The van der Waals surface area contributed by atoms with Gasteiger partial charge in [0.1, 0.15) is 16.9 Å². The zero-order valence-electron chi connectivity index (χ0n) is 16.7. The van der Waals surface area contributed by atoms with Crippen LogP contribution in [0.3, 0.4) is 0 Å². The number of nitrogens with two attached hydrogens (primary N) is 1. The van der Waals surface area contributed by atoms with Gasteiger partial charge in [-0.1, -0.05) is 54.6 Å². The summed E-state index contributed by atoms with van der Waals surface area (Å²) < 4.78 is 6.55. The van der Waals surface area contributed by atoms with Crippen molar-refractivity contribution in [3.05, 3.63) is 89.5 Å². The van der Waals surface area contributed by atoms with E-state index >= 15 is 0 Å². The van der Waals surface area contributed by atoms with Crippen LogP contribution in [-0.4, -0.2) is 17.3 Å². The van der Waals surface area contributed by atoms with E-state index < -0.39 is 11.1 Å². The minimum Gasteiger partial charge on any atom is -0.482 e. The van der Waals surface area contributed by atoms with Gasteiger partial charge >= 0.3 is 0 Å². The molecule has 0 fully saturated rings. The second kappa shape index (κ2) is 6.82. The van der Waals surface area contributed by atoms with Crippen LogP contribution in [0.2, 0.25) is 0 Å². The Hall–Kier alpha value is -3.44. The molecule has 0 bridgehead atoms. The van der Waals surface area contributed by atoms with E-state index in [4.69, 9.17) is 15.5 Å². The molecule has 0 saturated carbocycles. The Balaban J connectivity index is 1.66. The van der Waals surface area contributed by atoms with Crippen LogP contribution in [0.1, 0.15) is 30.0 Å². The first-order valence-corrected chi connectivity index (χ1v) is 10.0. The lowest BCUT2D eigenvalue weighted by atomic mass is 9.75. The lowest BCUT2D eigenvalue weighted by Crippen LogP contribution is -2.44. The number of ether oxygens (including phenoxy) is 1. The summed E-state index contributed by atoms with van der Waals surface area (Å²) in [7, 11) is 0. The van der Waals surface area contributed by atoms with E-state index in [9.17, 15) is 5.11 Å². The number of guanidine groups is 1. The molecule has 0 aliphatic carbocycles. The van der Waals surface area contributed by atoms with E-state index in [1.165, 1.54) is 0 Å². The summed E-state index contributed by atoms with van der Waals surface area (Å²) in [4.78, 5) is 9.08. The van der Waals surface area contributed by atoms with Crippen LogP contribution in [0, 0.1) is 0 Å². The van der Waals surface area contributed by atoms with Gasteiger partial charge in [-0.3, -0.25) is 0 Å². The predicted molar refractivity (Wildman–Crippen MR) is 119 cm³/mol. The number of hydrogen-bond donors (Lipinski definition) is 2. The second-order valence-electron chi connectivity index (χ2n) is 8.10. The highest BCUT2D eigenvalue weighted by Gasteiger charge is 2.49. The third-order valence-corrected chi connectivity index (χ3v) is 5.94. The van der Waals surface area contributed by atoms with Crippen LogP contribution in [0.15, 0.2) is 82.8 Å². The lowest BCUT2D eigenvalue weighted by molar-refractivity contribution is 0.0422. The molecule has 0 amide bonds. The summed E-state index contributed by atoms with van der Waals surface area (Å²) in [5.74, 6) is 1.06. The summed E-state index contributed by atoms with van der Waals surface area (Å²) in [5.41, 5.74) is 9.73. The number of rotatable bonds is 3. The average Bonchev–Trinajstić information content (AvgIpc) is 3.14. The van der Waals surface area contributed by atoms with E-state index in [0.717, 1.165) is 33.6 Å². The summed E-state index contributed by atoms with van der Waals surface area (Å²) in [6.07, 6.45) is 2.44. The summed E-state index contributed by atoms with van der Waals surface area (Å²) in [6.45, 7) is 2.10. The van der Waals surface area contributed by atoms with Crippen molar-refractivity contribution in [3.8, 4) is 16.9 Å². The molecule has 3 N–H and O–H groups in total. The van der Waals surface area contributed by atoms with Crippen molar-refractivity contribution < 1.29 is 9.84 Å². The number of aliphatic imine (C=N–C) groups is 2. The van der Waals surface area contributed by atoms with Crippen molar-refractivity contribution in [3.63, 3.8) is 0 Å². The molecular formula is C25H23N3O2. The van der Waals surface area contributed by atoms with Crippen LogP contribution >= 0.6 is 0 Å². The van der Waals surface area contributed by atoms with E-state index in [2.05, 4.69) is 30.1 Å². The molecule has 3 aromatic carbocycles. The highest BCUT2D eigenvalue weighted by molar-refractivity contribution is 5.97.